The van der Waals surface area contributed by atoms with Gasteiger partial charge in [-0.3, -0.25) is 15.0 Å². The molecule has 0 amide bonds. The molecule has 0 saturated heterocycles. The third-order valence-corrected chi connectivity index (χ3v) is 3.23. The van der Waals surface area contributed by atoms with Crippen molar-refractivity contribution >= 4 is 16.5 Å². The van der Waals surface area contributed by atoms with Crippen molar-refractivity contribution in [1.29, 1.82) is 0 Å². The van der Waals surface area contributed by atoms with Crippen molar-refractivity contribution < 1.29 is 0 Å². The topological polar surface area (TPSA) is 72.0 Å². The van der Waals surface area contributed by atoms with Crippen molar-refractivity contribution in [3.05, 3.63) is 29.0 Å². The summed E-state index contributed by atoms with van der Waals surface area (Å²) in [5.74, 6) is 5.29. The smallest absolute Gasteiger partial charge is 0.197 e. The molecule has 0 saturated carbocycles. The minimum atomic E-state index is 0.745. The Hall–Kier alpha value is -1.44. The number of aromatic nitrogens is 3. The number of aryl methyl sites for hydroxylation is 1. The van der Waals surface area contributed by atoms with Crippen molar-refractivity contribution in [3.63, 3.8) is 0 Å². The summed E-state index contributed by atoms with van der Waals surface area (Å²) in [7, 11) is 3.99. The average molecular weight is 252 g/mol. The molecule has 92 valence electrons. The fourth-order valence-electron chi connectivity index (χ4n) is 1.63. The predicted molar refractivity (Wildman–Crippen MR) is 68.3 cm³/mol. The Morgan fingerprint density at radius 2 is 2.29 bits per heavy atom. The van der Waals surface area contributed by atoms with Gasteiger partial charge in [-0.1, -0.05) is 11.3 Å². The van der Waals surface area contributed by atoms with E-state index in [0.717, 1.165) is 18.2 Å². The number of nitrogens with zero attached hydrogens (tertiary/aromatic N) is 4. The van der Waals surface area contributed by atoms with E-state index in [-0.39, 0.29) is 0 Å². The first-order valence-corrected chi connectivity index (χ1v) is 6.06. The van der Waals surface area contributed by atoms with Gasteiger partial charge in [0, 0.05) is 43.0 Å². The third-order valence-electron chi connectivity index (χ3n) is 2.31. The van der Waals surface area contributed by atoms with E-state index in [1.807, 2.05) is 30.3 Å². The van der Waals surface area contributed by atoms with E-state index in [1.165, 1.54) is 10.4 Å². The first-order chi connectivity index (χ1) is 8.17. The second kappa shape index (κ2) is 5.26. The van der Waals surface area contributed by atoms with Crippen molar-refractivity contribution in [1.82, 2.24) is 19.7 Å². The van der Waals surface area contributed by atoms with Crippen molar-refractivity contribution in [3.8, 4) is 0 Å². The standard InChI is InChI=1S/C10H16N6S/c1-15(5-8-3-13-16(2)6-8)7-9-4-12-10(14-11)17-9/h3-4,6H,5,7,11H2,1-2H3,(H,12,14). The summed E-state index contributed by atoms with van der Waals surface area (Å²) in [5.41, 5.74) is 3.75. The summed E-state index contributed by atoms with van der Waals surface area (Å²) in [6, 6.07) is 0. The Bertz CT molecular complexity index is 477. The van der Waals surface area contributed by atoms with Gasteiger partial charge in [0.2, 0.25) is 0 Å². The van der Waals surface area contributed by atoms with E-state index in [1.54, 1.807) is 11.3 Å². The van der Waals surface area contributed by atoms with E-state index < -0.39 is 0 Å². The lowest BCUT2D eigenvalue weighted by Crippen LogP contribution is -2.16. The van der Waals surface area contributed by atoms with Crippen molar-refractivity contribution in [2.24, 2.45) is 12.9 Å². The zero-order valence-electron chi connectivity index (χ0n) is 9.92. The van der Waals surface area contributed by atoms with Gasteiger partial charge in [0.15, 0.2) is 5.13 Å². The highest BCUT2D eigenvalue weighted by Crippen LogP contribution is 2.18. The van der Waals surface area contributed by atoms with Crippen LogP contribution in [-0.4, -0.2) is 26.7 Å². The number of hydrogen-bond acceptors (Lipinski definition) is 6. The molecule has 2 heterocycles. The molecule has 0 atom stereocenters. The summed E-state index contributed by atoms with van der Waals surface area (Å²) >= 11 is 1.57. The Morgan fingerprint density at radius 1 is 1.47 bits per heavy atom. The van der Waals surface area contributed by atoms with Crippen molar-refractivity contribution in [2.45, 2.75) is 13.1 Å². The lowest BCUT2D eigenvalue weighted by Gasteiger charge is -2.13. The number of nitrogens with one attached hydrogen (secondary N) is 1. The molecule has 2 aromatic rings. The molecule has 0 bridgehead atoms. The Morgan fingerprint density at radius 3 is 2.88 bits per heavy atom. The maximum atomic E-state index is 5.29. The quantitative estimate of drug-likeness (QED) is 0.608. The highest BCUT2D eigenvalue weighted by Gasteiger charge is 2.06. The number of thiazole rings is 1. The van der Waals surface area contributed by atoms with Crippen LogP contribution in [0.1, 0.15) is 10.4 Å². The minimum Gasteiger partial charge on any atom is -0.300 e. The van der Waals surface area contributed by atoms with Gasteiger partial charge in [-0.25, -0.2) is 10.8 Å². The molecule has 0 spiro atoms. The normalized spacial score (nSPS) is 11.1. The molecular weight excluding hydrogens is 236 g/mol. The third kappa shape index (κ3) is 3.26. The highest BCUT2D eigenvalue weighted by molar-refractivity contribution is 7.15. The maximum absolute atomic E-state index is 5.29. The zero-order valence-corrected chi connectivity index (χ0v) is 10.7. The molecule has 6 nitrogen and oxygen atoms in total. The van der Waals surface area contributed by atoms with E-state index in [9.17, 15) is 0 Å². The van der Waals surface area contributed by atoms with E-state index in [0.29, 0.717) is 0 Å². The summed E-state index contributed by atoms with van der Waals surface area (Å²) in [4.78, 5) is 7.54. The van der Waals surface area contributed by atoms with Crippen LogP contribution in [0.15, 0.2) is 18.6 Å². The van der Waals surface area contributed by atoms with Gasteiger partial charge >= 0.3 is 0 Å². The highest BCUT2D eigenvalue weighted by atomic mass is 32.1. The molecule has 0 aromatic carbocycles. The molecule has 7 heteroatoms. The summed E-state index contributed by atoms with van der Waals surface area (Å²) < 4.78 is 1.81. The van der Waals surface area contributed by atoms with Gasteiger partial charge in [-0.15, -0.1) is 0 Å². The van der Waals surface area contributed by atoms with Gasteiger partial charge in [0.1, 0.15) is 0 Å². The summed E-state index contributed by atoms with van der Waals surface area (Å²) in [6.07, 6.45) is 5.76. The summed E-state index contributed by atoms with van der Waals surface area (Å²) in [5, 5.41) is 4.89. The average Bonchev–Trinajstić information content (AvgIpc) is 2.88. The first kappa shape index (κ1) is 12.0. The Labute approximate surface area is 104 Å². The Kier molecular flexibility index (Phi) is 3.72. The lowest BCUT2D eigenvalue weighted by atomic mass is 10.3. The number of hydrogen-bond donors (Lipinski definition) is 2. The number of anilines is 1. The zero-order chi connectivity index (χ0) is 12.3. The van der Waals surface area contributed by atoms with Gasteiger partial charge in [-0.05, 0) is 7.05 Å². The summed E-state index contributed by atoms with van der Waals surface area (Å²) in [6.45, 7) is 1.73. The predicted octanol–water partition coefficient (Wildman–Crippen LogP) is 0.794. The SMILES string of the molecule is CN(Cc1cnn(C)c1)Cc1cnc(NN)s1. The minimum absolute atomic E-state index is 0.745. The second-order valence-electron chi connectivity index (χ2n) is 3.97. The van der Waals surface area contributed by atoms with Gasteiger partial charge in [-0.2, -0.15) is 5.10 Å². The monoisotopic (exact) mass is 252 g/mol. The van der Waals surface area contributed by atoms with Gasteiger partial charge < -0.3 is 0 Å². The maximum Gasteiger partial charge on any atom is 0.197 e. The fourth-order valence-corrected chi connectivity index (χ4v) is 2.44. The van der Waals surface area contributed by atoms with Crippen LogP contribution in [0, 0.1) is 0 Å². The van der Waals surface area contributed by atoms with Crippen LogP contribution in [0.4, 0.5) is 5.13 Å². The van der Waals surface area contributed by atoms with Crippen LogP contribution >= 0.6 is 11.3 Å². The molecule has 0 unspecified atom stereocenters. The molecule has 17 heavy (non-hydrogen) atoms. The molecule has 0 aliphatic heterocycles. The van der Waals surface area contributed by atoms with E-state index in [4.69, 9.17) is 5.84 Å². The van der Waals surface area contributed by atoms with Crippen LogP contribution in [0.5, 0.6) is 0 Å². The number of rotatable bonds is 5. The fraction of sp³-hybridized carbons (Fsp3) is 0.400. The molecule has 0 aliphatic carbocycles. The van der Waals surface area contributed by atoms with Crippen LogP contribution in [0.2, 0.25) is 0 Å². The lowest BCUT2D eigenvalue weighted by molar-refractivity contribution is 0.321. The number of hydrazine groups is 1. The molecular formula is C10H16N6S. The van der Waals surface area contributed by atoms with Crippen LogP contribution in [0.3, 0.4) is 0 Å². The molecule has 3 N–H and O–H groups in total. The number of nitrogens with two attached hydrogens (primary N) is 1. The second-order valence-corrected chi connectivity index (χ2v) is 5.09. The molecule has 0 fully saturated rings. The van der Waals surface area contributed by atoms with Gasteiger partial charge in [0.05, 0.1) is 6.20 Å². The number of nitrogen functional groups attached to an aromatic ring is 1. The molecule has 2 aromatic heterocycles. The van der Waals surface area contributed by atoms with Crippen molar-refractivity contribution in [2.75, 3.05) is 12.5 Å². The first-order valence-electron chi connectivity index (χ1n) is 5.25. The van der Waals surface area contributed by atoms with Crippen LogP contribution in [0.25, 0.3) is 0 Å². The van der Waals surface area contributed by atoms with E-state index >= 15 is 0 Å². The molecule has 0 radical (unpaired) electrons. The van der Waals surface area contributed by atoms with Crippen LogP contribution in [-0.2, 0) is 20.1 Å². The Balaban J connectivity index is 1.90. The van der Waals surface area contributed by atoms with E-state index in [2.05, 4.69) is 27.5 Å². The van der Waals surface area contributed by atoms with Crippen LogP contribution < -0.4 is 11.3 Å². The largest absolute Gasteiger partial charge is 0.300 e. The molecule has 2 rings (SSSR count). The molecule has 0 aliphatic rings. The van der Waals surface area contributed by atoms with Gasteiger partial charge in [0.25, 0.3) is 0 Å².